The molecule has 0 bridgehead atoms. The highest BCUT2D eigenvalue weighted by molar-refractivity contribution is 6.11. The Morgan fingerprint density at radius 2 is 0.877 bits per heavy atom. The lowest BCUT2D eigenvalue weighted by Gasteiger charge is -2.18. The molecular weight excluding hydrogens is 817 g/mol. The van der Waals surface area contributed by atoms with E-state index < -0.39 is 11.9 Å². The van der Waals surface area contributed by atoms with Crippen molar-refractivity contribution in [2.75, 3.05) is 10.0 Å². The van der Waals surface area contributed by atoms with E-state index in [1.54, 1.807) is 0 Å². The average molecular weight is 855 g/mol. The van der Waals surface area contributed by atoms with Gasteiger partial charge < -0.3 is 24.7 Å². The summed E-state index contributed by atoms with van der Waals surface area (Å²) < 4.78 is 5.46. The molecule has 4 aromatic carbocycles. The normalized spacial score (nSPS) is 11.9. The molecular formula is C50H38N12O3. The molecule has 0 amide bonds. The topological polar surface area (TPSA) is 217 Å². The van der Waals surface area contributed by atoms with E-state index in [2.05, 4.69) is 44.2 Å². The van der Waals surface area contributed by atoms with Crippen molar-refractivity contribution in [3.05, 3.63) is 144 Å². The summed E-state index contributed by atoms with van der Waals surface area (Å²) in [7, 11) is 0. The zero-order valence-electron chi connectivity index (χ0n) is 35.0. The van der Waals surface area contributed by atoms with Crippen molar-refractivity contribution >= 4 is 123 Å². The summed E-state index contributed by atoms with van der Waals surface area (Å²) in [6.45, 7) is 3.94. The highest BCUT2D eigenvalue weighted by Crippen LogP contribution is 2.36. The maximum absolute atomic E-state index is 13.4. The number of carbonyl (C=O) groups is 2. The highest BCUT2D eigenvalue weighted by Gasteiger charge is 2.22. The fraction of sp³-hybridized carbons (Fsp3) is 0.0800. The Labute approximate surface area is 368 Å². The fourth-order valence-electron chi connectivity index (χ4n) is 9.29. The van der Waals surface area contributed by atoms with Gasteiger partial charge >= 0.3 is 11.9 Å². The summed E-state index contributed by atoms with van der Waals surface area (Å²) in [6.07, 6.45) is -0.259. The molecule has 316 valence electrons. The largest absolute Gasteiger partial charge is 0.393 e. The molecule has 0 aliphatic rings. The molecule has 0 radical (unpaired) electrons. The number of hydrogen-bond donors (Lipinski definition) is 6. The number of anilines is 4. The van der Waals surface area contributed by atoms with Crippen molar-refractivity contribution in [3.63, 3.8) is 0 Å². The summed E-state index contributed by atoms with van der Waals surface area (Å²) in [5.41, 5.74) is 9.35. The van der Waals surface area contributed by atoms with Crippen molar-refractivity contribution in [3.8, 4) is 0 Å². The van der Waals surface area contributed by atoms with Gasteiger partial charge in [-0.25, -0.2) is 41.6 Å². The third-order valence-corrected chi connectivity index (χ3v) is 12.3. The standard InChI is InChI=1S/C50H38N12O3/c1-25-21-33-29-11-3-5-13-35(29)53-47(33)59-49(25)61(51)39-19-17-31-43-27(9-7-15-37(43)55-45(31)57-39)23-41(63)65-42(64)24-28-10-8-16-38-44(28)32-18-20-40(58-46(32)56-38)62(52)50-26(2)22-34-30-12-4-6-14-36(30)54-48(34)60-50/h3-22H,23-24,51-52H2,1-2H3,(H,53,59)(H,54,60)(H,55,57)(H,56,58). The first-order valence-corrected chi connectivity index (χ1v) is 21.0. The second kappa shape index (κ2) is 14.5. The zero-order chi connectivity index (χ0) is 44.1. The molecule has 8 N–H and O–H groups in total. The molecule has 12 rings (SSSR count). The molecule has 0 saturated carbocycles. The van der Waals surface area contributed by atoms with Crippen LogP contribution >= 0.6 is 0 Å². The maximum atomic E-state index is 13.4. The number of nitrogens with two attached hydrogens (primary N) is 2. The number of aromatic nitrogens is 8. The predicted octanol–water partition coefficient (Wildman–Crippen LogP) is 9.30. The van der Waals surface area contributed by atoms with Crippen molar-refractivity contribution in [1.82, 2.24) is 39.9 Å². The Balaban J connectivity index is 0.771. The first kappa shape index (κ1) is 38.0. The van der Waals surface area contributed by atoms with Gasteiger partial charge in [-0.05, 0) is 96.8 Å². The second-order valence-electron chi connectivity index (χ2n) is 16.4. The molecule has 0 fully saturated rings. The number of hydrazine groups is 2. The Bertz CT molecular complexity index is 3700. The van der Waals surface area contributed by atoms with Crippen molar-refractivity contribution in [1.29, 1.82) is 0 Å². The average Bonchev–Trinajstić information content (AvgIpc) is 4.07. The van der Waals surface area contributed by atoms with Crippen LogP contribution in [0.4, 0.5) is 23.3 Å². The summed E-state index contributed by atoms with van der Waals surface area (Å²) >= 11 is 0. The van der Waals surface area contributed by atoms with Gasteiger partial charge in [0.05, 0.1) is 12.8 Å². The van der Waals surface area contributed by atoms with Gasteiger partial charge in [-0.15, -0.1) is 0 Å². The summed E-state index contributed by atoms with van der Waals surface area (Å²) in [5.74, 6) is 14.1. The minimum atomic E-state index is -0.668. The molecule has 0 spiro atoms. The Kier molecular flexibility index (Phi) is 8.46. The van der Waals surface area contributed by atoms with E-state index in [1.165, 1.54) is 10.0 Å². The summed E-state index contributed by atoms with van der Waals surface area (Å²) in [5, 5.41) is 10.4. The lowest BCUT2D eigenvalue weighted by atomic mass is 10.0. The molecule has 12 aromatic rings. The number of esters is 2. The van der Waals surface area contributed by atoms with E-state index in [-0.39, 0.29) is 12.8 Å². The van der Waals surface area contributed by atoms with Crippen LogP contribution in [0.15, 0.2) is 121 Å². The summed E-state index contributed by atoms with van der Waals surface area (Å²) in [4.78, 5) is 59.9. The van der Waals surface area contributed by atoms with Crippen LogP contribution < -0.4 is 21.7 Å². The molecule has 0 unspecified atom stereocenters. The van der Waals surface area contributed by atoms with Gasteiger partial charge in [-0.1, -0.05) is 60.7 Å². The van der Waals surface area contributed by atoms with E-state index in [0.29, 0.717) is 45.7 Å². The SMILES string of the molecule is Cc1cc2c(nc1N(N)c1ccc3c(n1)[nH]c1cccc(CC(=O)OC(=O)Cc4cccc5[nH]c6nc(N(N)c7nc8[nH]c9ccccc9c8cc7C)ccc6c45)c13)[nH]c1ccccc12. The lowest BCUT2D eigenvalue weighted by molar-refractivity contribution is -0.158. The number of H-pyrrole nitrogens is 4. The number of benzene rings is 4. The highest BCUT2D eigenvalue weighted by atomic mass is 16.6. The monoisotopic (exact) mass is 854 g/mol. The third-order valence-electron chi connectivity index (χ3n) is 12.3. The van der Waals surface area contributed by atoms with Crippen LogP contribution in [-0.4, -0.2) is 51.8 Å². The van der Waals surface area contributed by atoms with Gasteiger partial charge in [0, 0.05) is 65.2 Å². The smallest absolute Gasteiger partial charge is 0.317 e. The van der Waals surface area contributed by atoms with E-state index >= 15 is 0 Å². The number of aromatic amines is 4. The van der Waals surface area contributed by atoms with Crippen LogP contribution in [0.25, 0.3) is 87.7 Å². The number of fused-ring (bicyclic) bond motifs is 12. The molecule has 65 heavy (non-hydrogen) atoms. The maximum Gasteiger partial charge on any atom is 0.317 e. The molecule has 0 aliphatic carbocycles. The Morgan fingerprint density at radius 3 is 1.34 bits per heavy atom. The quantitative estimate of drug-likeness (QED) is 0.0366. The number of ether oxygens (including phenoxy) is 1. The number of aryl methyl sites for hydroxylation is 2. The van der Waals surface area contributed by atoms with Gasteiger partial charge in [-0.2, -0.15) is 0 Å². The third kappa shape index (κ3) is 6.20. The summed E-state index contributed by atoms with van der Waals surface area (Å²) in [6, 6.07) is 39.0. The van der Waals surface area contributed by atoms with Crippen molar-refractivity contribution < 1.29 is 14.3 Å². The first-order chi connectivity index (χ1) is 31.6. The van der Waals surface area contributed by atoms with Crippen molar-refractivity contribution in [2.24, 2.45) is 11.7 Å². The van der Waals surface area contributed by atoms with Gasteiger partial charge in [0.15, 0.2) is 23.3 Å². The molecule has 8 heterocycles. The molecule has 0 atom stereocenters. The fourth-order valence-corrected chi connectivity index (χ4v) is 9.29. The van der Waals surface area contributed by atoms with E-state index in [1.807, 2.05) is 111 Å². The number of nitrogens with one attached hydrogen (secondary N) is 4. The first-order valence-electron chi connectivity index (χ1n) is 21.0. The van der Waals surface area contributed by atoms with Crippen molar-refractivity contribution in [2.45, 2.75) is 26.7 Å². The minimum Gasteiger partial charge on any atom is -0.393 e. The predicted molar refractivity (Wildman–Crippen MR) is 255 cm³/mol. The Hall–Kier alpha value is -8.66. The number of rotatable bonds is 8. The minimum absolute atomic E-state index is 0.129. The van der Waals surface area contributed by atoms with Crippen LogP contribution in [0.5, 0.6) is 0 Å². The van der Waals surface area contributed by atoms with Gasteiger partial charge in [0.2, 0.25) is 0 Å². The van der Waals surface area contributed by atoms with Gasteiger partial charge in [-0.3, -0.25) is 9.59 Å². The molecule has 15 nitrogen and oxygen atoms in total. The van der Waals surface area contributed by atoms with E-state index in [9.17, 15) is 9.59 Å². The van der Waals surface area contributed by atoms with Crippen LogP contribution in [0.1, 0.15) is 22.3 Å². The van der Waals surface area contributed by atoms with E-state index in [4.69, 9.17) is 36.4 Å². The lowest BCUT2D eigenvalue weighted by Crippen LogP contribution is -2.27. The van der Waals surface area contributed by atoms with Crippen LogP contribution in [0, 0.1) is 13.8 Å². The van der Waals surface area contributed by atoms with Gasteiger partial charge in [0.1, 0.15) is 22.6 Å². The van der Waals surface area contributed by atoms with Crippen LogP contribution in [0.2, 0.25) is 0 Å². The second-order valence-corrected chi connectivity index (χ2v) is 16.4. The zero-order valence-corrected chi connectivity index (χ0v) is 35.0. The van der Waals surface area contributed by atoms with E-state index in [0.717, 1.165) is 87.6 Å². The number of para-hydroxylation sites is 2. The number of pyridine rings is 4. The molecule has 8 aromatic heterocycles. The van der Waals surface area contributed by atoms with Crippen LogP contribution in [0.3, 0.4) is 0 Å². The number of nitrogens with zero attached hydrogens (tertiary/aromatic N) is 6. The van der Waals surface area contributed by atoms with Crippen LogP contribution in [-0.2, 0) is 27.2 Å². The molecule has 0 aliphatic heterocycles. The number of hydrogen-bond acceptors (Lipinski definition) is 11. The molecule has 15 heteroatoms. The Morgan fingerprint density at radius 1 is 0.477 bits per heavy atom. The van der Waals surface area contributed by atoms with Gasteiger partial charge in [0.25, 0.3) is 0 Å². The molecule has 0 saturated heterocycles. The number of carbonyl (C=O) groups excluding carboxylic acids is 2.